The Hall–Kier alpha value is -3.42. The van der Waals surface area contributed by atoms with E-state index in [2.05, 4.69) is 23.3 Å². The minimum atomic E-state index is -0.0281. The van der Waals surface area contributed by atoms with Crippen molar-refractivity contribution in [2.75, 3.05) is 36.5 Å². The summed E-state index contributed by atoms with van der Waals surface area (Å²) in [5.41, 5.74) is 5.10. The van der Waals surface area contributed by atoms with Crippen LogP contribution in [0.5, 0.6) is 0 Å². The number of nitrogens with zero attached hydrogens (tertiary/aromatic N) is 3. The number of rotatable bonds is 4. The number of halogens is 1. The smallest absolute Gasteiger partial charge is 0.255 e. The molecule has 2 aliphatic rings. The minimum absolute atomic E-state index is 0.00816. The van der Waals surface area contributed by atoms with E-state index in [-0.39, 0.29) is 23.9 Å². The number of benzene rings is 2. The van der Waals surface area contributed by atoms with E-state index in [1.807, 2.05) is 53.4 Å². The van der Waals surface area contributed by atoms with Gasteiger partial charge in [0.2, 0.25) is 5.91 Å². The van der Waals surface area contributed by atoms with Crippen LogP contribution in [0.25, 0.3) is 11.3 Å². The van der Waals surface area contributed by atoms with Crippen molar-refractivity contribution in [1.82, 2.24) is 9.88 Å². The number of carbonyl (C=O) groups excluding carboxylic acids is 2. The van der Waals surface area contributed by atoms with E-state index in [0.717, 1.165) is 34.6 Å². The summed E-state index contributed by atoms with van der Waals surface area (Å²) in [4.78, 5) is 33.5. The Labute approximate surface area is 216 Å². The van der Waals surface area contributed by atoms with Crippen molar-refractivity contribution in [3.8, 4) is 11.3 Å². The number of pyridine rings is 1. The Kier molecular flexibility index (Phi) is 6.94. The molecule has 3 heterocycles. The van der Waals surface area contributed by atoms with Gasteiger partial charge in [-0.25, -0.2) is 0 Å². The van der Waals surface area contributed by atoms with Gasteiger partial charge in [0.25, 0.3) is 5.91 Å². The molecule has 8 heteroatoms. The third-order valence-electron chi connectivity index (χ3n) is 6.79. The molecule has 0 bridgehead atoms. The zero-order valence-electron chi connectivity index (χ0n) is 20.4. The summed E-state index contributed by atoms with van der Waals surface area (Å²) < 4.78 is 5.34. The molecule has 5 rings (SSSR count). The van der Waals surface area contributed by atoms with Gasteiger partial charge in [-0.2, -0.15) is 0 Å². The number of aromatic nitrogens is 1. The summed E-state index contributed by atoms with van der Waals surface area (Å²) in [6, 6.07) is 17.4. The van der Waals surface area contributed by atoms with Crippen LogP contribution in [0.3, 0.4) is 0 Å². The second-order valence-corrected chi connectivity index (χ2v) is 9.73. The normalized spacial score (nSPS) is 19.5. The molecular formula is C28H29ClN4O3. The molecule has 1 N–H and O–H groups in total. The molecule has 0 aliphatic carbocycles. The molecule has 0 saturated carbocycles. The van der Waals surface area contributed by atoms with Gasteiger partial charge in [0.15, 0.2) is 0 Å². The average molecular weight is 505 g/mol. The van der Waals surface area contributed by atoms with Crippen LogP contribution in [0.15, 0.2) is 60.8 Å². The molecule has 186 valence electrons. The van der Waals surface area contributed by atoms with Gasteiger partial charge in [-0.3, -0.25) is 14.6 Å². The summed E-state index contributed by atoms with van der Waals surface area (Å²) in [5, 5.41) is 4.27. The van der Waals surface area contributed by atoms with Crippen molar-refractivity contribution >= 4 is 34.8 Å². The molecular weight excluding hydrogens is 476 g/mol. The van der Waals surface area contributed by atoms with E-state index in [0.29, 0.717) is 36.9 Å². The van der Waals surface area contributed by atoms with Crippen molar-refractivity contribution in [2.45, 2.75) is 32.4 Å². The first-order valence-electron chi connectivity index (χ1n) is 12.2. The van der Waals surface area contributed by atoms with E-state index in [9.17, 15) is 9.59 Å². The van der Waals surface area contributed by atoms with E-state index < -0.39 is 0 Å². The van der Waals surface area contributed by atoms with Gasteiger partial charge in [0, 0.05) is 54.2 Å². The first-order valence-corrected chi connectivity index (χ1v) is 12.6. The molecule has 2 amide bonds. The molecule has 2 atom stereocenters. The first-order chi connectivity index (χ1) is 17.4. The van der Waals surface area contributed by atoms with Crippen LogP contribution in [-0.2, 0) is 9.53 Å². The summed E-state index contributed by atoms with van der Waals surface area (Å²) in [7, 11) is 0. The highest BCUT2D eigenvalue weighted by Gasteiger charge is 2.33. The molecule has 0 spiro atoms. The minimum Gasteiger partial charge on any atom is -0.378 e. The van der Waals surface area contributed by atoms with E-state index >= 15 is 0 Å². The lowest BCUT2D eigenvalue weighted by Gasteiger charge is -2.39. The highest BCUT2D eigenvalue weighted by Crippen LogP contribution is 2.41. The van der Waals surface area contributed by atoms with Gasteiger partial charge in [0.05, 0.1) is 30.5 Å². The summed E-state index contributed by atoms with van der Waals surface area (Å²) in [6.07, 6.45) is 2.39. The second kappa shape index (κ2) is 10.3. The SMILES string of the molecule is CC(=O)N1c2ccc(-c3ccc(C(=O)N4CCOCC4)cn3)cc2C(Nc2cccc(Cl)c2)CC1C. The number of fused-ring (bicyclic) bond motifs is 1. The van der Waals surface area contributed by atoms with Crippen LogP contribution < -0.4 is 10.2 Å². The van der Waals surface area contributed by atoms with Gasteiger partial charge in [0.1, 0.15) is 0 Å². The van der Waals surface area contributed by atoms with E-state index in [4.69, 9.17) is 16.3 Å². The zero-order valence-corrected chi connectivity index (χ0v) is 21.2. The molecule has 2 aliphatic heterocycles. The Morgan fingerprint density at radius 3 is 2.58 bits per heavy atom. The van der Waals surface area contributed by atoms with Crippen LogP contribution in [0.4, 0.5) is 11.4 Å². The molecule has 1 saturated heterocycles. The van der Waals surface area contributed by atoms with Crippen molar-refractivity contribution in [2.24, 2.45) is 0 Å². The predicted molar refractivity (Wildman–Crippen MR) is 141 cm³/mol. The number of hydrogen-bond donors (Lipinski definition) is 1. The second-order valence-electron chi connectivity index (χ2n) is 9.29. The quantitative estimate of drug-likeness (QED) is 0.530. The van der Waals surface area contributed by atoms with Crippen molar-refractivity contribution in [1.29, 1.82) is 0 Å². The lowest BCUT2D eigenvalue weighted by Crippen LogP contribution is -2.43. The van der Waals surface area contributed by atoms with E-state index in [1.54, 1.807) is 18.0 Å². The molecule has 2 aromatic carbocycles. The molecule has 1 fully saturated rings. The number of carbonyl (C=O) groups is 2. The molecule has 36 heavy (non-hydrogen) atoms. The third kappa shape index (κ3) is 4.94. The van der Waals surface area contributed by atoms with Crippen molar-refractivity contribution in [3.63, 3.8) is 0 Å². The van der Waals surface area contributed by atoms with Crippen LogP contribution in [0.1, 0.15) is 42.2 Å². The highest BCUT2D eigenvalue weighted by atomic mass is 35.5. The Balaban J connectivity index is 1.46. The Bertz CT molecular complexity index is 1270. The standard InChI is InChI=1S/C28H29ClN4O3/c1-18-14-26(31-23-5-3-4-22(29)16-23)24-15-20(7-9-27(24)33(18)19(2)34)25-8-6-21(17-30-25)28(35)32-10-12-36-13-11-32/h3-9,15-18,26,31H,10-14H2,1-2H3. The van der Waals surface area contributed by atoms with Crippen LogP contribution in [0.2, 0.25) is 5.02 Å². The molecule has 2 unspecified atom stereocenters. The van der Waals surface area contributed by atoms with Gasteiger partial charge in [-0.1, -0.05) is 23.7 Å². The third-order valence-corrected chi connectivity index (χ3v) is 7.02. The highest BCUT2D eigenvalue weighted by molar-refractivity contribution is 6.30. The maximum Gasteiger partial charge on any atom is 0.255 e. The predicted octanol–water partition coefficient (Wildman–Crippen LogP) is 5.17. The molecule has 0 radical (unpaired) electrons. The van der Waals surface area contributed by atoms with Crippen molar-refractivity contribution < 1.29 is 14.3 Å². The fraction of sp³-hybridized carbons (Fsp3) is 0.321. The average Bonchev–Trinajstić information content (AvgIpc) is 2.88. The summed E-state index contributed by atoms with van der Waals surface area (Å²) in [6.45, 7) is 5.98. The molecule has 7 nitrogen and oxygen atoms in total. The number of amides is 2. The van der Waals surface area contributed by atoms with Gasteiger partial charge in [-0.15, -0.1) is 0 Å². The summed E-state index contributed by atoms with van der Waals surface area (Å²) >= 11 is 6.21. The molecule has 3 aromatic rings. The number of nitrogens with one attached hydrogen (secondary N) is 1. The first kappa shape index (κ1) is 24.3. The monoisotopic (exact) mass is 504 g/mol. The Morgan fingerprint density at radius 2 is 1.89 bits per heavy atom. The number of morpholine rings is 1. The van der Waals surface area contributed by atoms with Crippen LogP contribution in [-0.4, -0.2) is 54.0 Å². The van der Waals surface area contributed by atoms with Crippen LogP contribution in [0, 0.1) is 0 Å². The number of anilines is 2. The zero-order chi connectivity index (χ0) is 25.2. The fourth-order valence-electron chi connectivity index (χ4n) is 5.06. The maximum absolute atomic E-state index is 12.8. The summed E-state index contributed by atoms with van der Waals surface area (Å²) in [5.74, 6) is -0.0125. The fourth-order valence-corrected chi connectivity index (χ4v) is 5.25. The largest absolute Gasteiger partial charge is 0.378 e. The number of ether oxygens (including phenoxy) is 1. The van der Waals surface area contributed by atoms with Gasteiger partial charge in [-0.05, 0) is 61.4 Å². The number of hydrogen-bond acceptors (Lipinski definition) is 5. The van der Waals surface area contributed by atoms with Crippen molar-refractivity contribution in [3.05, 3.63) is 76.9 Å². The lowest BCUT2D eigenvalue weighted by molar-refractivity contribution is -0.117. The Morgan fingerprint density at radius 1 is 1.08 bits per heavy atom. The lowest BCUT2D eigenvalue weighted by atomic mass is 9.89. The van der Waals surface area contributed by atoms with Gasteiger partial charge >= 0.3 is 0 Å². The molecule has 1 aromatic heterocycles. The van der Waals surface area contributed by atoms with Gasteiger partial charge < -0.3 is 19.9 Å². The maximum atomic E-state index is 12.8. The topological polar surface area (TPSA) is 74.8 Å². The van der Waals surface area contributed by atoms with E-state index in [1.165, 1.54) is 0 Å². The van der Waals surface area contributed by atoms with Crippen LogP contribution >= 0.6 is 11.6 Å².